The molecule has 1 saturated heterocycles. The fourth-order valence-corrected chi connectivity index (χ4v) is 2.36. The van der Waals surface area contributed by atoms with Crippen LogP contribution in [-0.2, 0) is 9.59 Å². The molecular formula is C15H18FN3O3. The maximum Gasteiger partial charge on any atom is 0.245 e. The number of hydrogen-bond donors (Lipinski definition) is 1. The molecule has 1 aliphatic heterocycles. The second-order valence-electron chi connectivity index (χ2n) is 5.09. The molecule has 1 aromatic heterocycles. The van der Waals surface area contributed by atoms with Gasteiger partial charge in [0.2, 0.25) is 11.8 Å². The third-order valence-corrected chi connectivity index (χ3v) is 3.55. The number of alkyl halides is 1. The number of Topliss-reactive ketones (excluding diaryl/α,β-unsaturated/α-hetero) is 1. The van der Waals surface area contributed by atoms with Crippen LogP contribution in [0.4, 0.5) is 4.39 Å². The van der Waals surface area contributed by atoms with Crippen molar-refractivity contribution in [3.8, 4) is 0 Å². The Bertz CT molecular complexity index is 550. The van der Waals surface area contributed by atoms with Crippen molar-refractivity contribution in [2.24, 2.45) is 0 Å². The predicted octanol–water partition coefficient (Wildman–Crippen LogP) is 0.731. The Labute approximate surface area is 127 Å². The molecule has 1 atom stereocenters. The summed E-state index contributed by atoms with van der Waals surface area (Å²) >= 11 is 0. The molecule has 0 radical (unpaired) electrons. The Kier molecular flexibility index (Phi) is 5.57. The zero-order valence-electron chi connectivity index (χ0n) is 12.1. The largest absolute Gasteiger partial charge is 0.344 e. The molecule has 2 heterocycles. The minimum atomic E-state index is -0.604. The van der Waals surface area contributed by atoms with E-state index in [-0.39, 0.29) is 37.0 Å². The summed E-state index contributed by atoms with van der Waals surface area (Å²) in [6.45, 7) is -0.0843. The number of rotatable bonds is 7. The van der Waals surface area contributed by atoms with E-state index >= 15 is 0 Å². The van der Waals surface area contributed by atoms with Crippen molar-refractivity contribution >= 4 is 17.6 Å². The lowest BCUT2D eigenvalue weighted by Crippen LogP contribution is -2.42. The normalized spacial score (nSPS) is 17.6. The van der Waals surface area contributed by atoms with Crippen LogP contribution in [-0.4, -0.2) is 53.3 Å². The summed E-state index contributed by atoms with van der Waals surface area (Å²) in [5.74, 6) is -0.776. The number of pyridine rings is 1. The van der Waals surface area contributed by atoms with E-state index in [1.165, 1.54) is 11.1 Å². The maximum atomic E-state index is 12.3. The molecule has 2 amide bonds. The van der Waals surface area contributed by atoms with E-state index < -0.39 is 12.7 Å². The van der Waals surface area contributed by atoms with Crippen molar-refractivity contribution in [2.75, 3.05) is 19.8 Å². The average Bonchev–Trinajstić information content (AvgIpc) is 2.87. The number of carbonyl (C=O) groups excluding carboxylic acids is 3. The van der Waals surface area contributed by atoms with Gasteiger partial charge in [0.05, 0.1) is 0 Å². The number of carbonyl (C=O) groups is 3. The number of aromatic nitrogens is 1. The van der Waals surface area contributed by atoms with Crippen LogP contribution in [0.1, 0.15) is 29.6 Å². The molecule has 1 unspecified atom stereocenters. The monoisotopic (exact) mass is 307 g/mol. The lowest BCUT2D eigenvalue weighted by molar-refractivity contribution is -0.132. The highest BCUT2D eigenvalue weighted by atomic mass is 19.1. The number of ketones is 1. The smallest absolute Gasteiger partial charge is 0.245 e. The number of hydrogen-bond acceptors (Lipinski definition) is 4. The summed E-state index contributed by atoms with van der Waals surface area (Å²) < 4.78 is 12.3. The molecule has 1 N–H and O–H groups in total. The Morgan fingerprint density at radius 1 is 1.41 bits per heavy atom. The van der Waals surface area contributed by atoms with Gasteiger partial charge in [-0.05, 0) is 18.6 Å². The van der Waals surface area contributed by atoms with Crippen LogP contribution >= 0.6 is 0 Å². The first kappa shape index (κ1) is 16.1. The zero-order chi connectivity index (χ0) is 15.9. The van der Waals surface area contributed by atoms with E-state index in [2.05, 4.69) is 10.3 Å². The summed E-state index contributed by atoms with van der Waals surface area (Å²) in [6, 6.07) is 2.69. The van der Waals surface area contributed by atoms with Gasteiger partial charge in [0, 0.05) is 43.9 Å². The maximum absolute atomic E-state index is 12.3. The highest BCUT2D eigenvalue weighted by Gasteiger charge is 2.32. The highest BCUT2D eigenvalue weighted by Crippen LogP contribution is 2.11. The van der Waals surface area contributed by atoms with Crippen LogP contribution in [0.3, 0.4) is 0 Å². The quantitative estimate of drug-likeness (QED) is 0.753. The van der Waals surface area contributed by atoms with E-state index in [0.717, 1.165) is 0 Å². The van der Waals surface area contributed by atoms with Gasteiger partial charge in [0.15, 0.2) is 5.78 Å². The summed E-state index contributed by atoms with van der Waals surface area (Å²) in [6.07, 6.45) is 3.57. The Balaban J connectivity index is 1.77. The predicted molar refractivity (Wildman–Crippen MR) is 76.9 cm³/mol. The zero-order valence-corrected chi connectivity index (χ0v) is 12.1. The van der Waals surface area contributed by atoms with Crippen LogP contribution in [0.2, 0.25) is 0 Å². The molecule has 7 heteroatoms. The number of likely N-dealkylation sites (tertiary alicyclic amines) is 1. The average molecular weight is 307 g/mol. The van der Waals surface area contributed by atoms with Crippen molar-refractivity contribution in [1.29, 1.82) is 0 Å². The van der Waals surface area contributed by atoms with Gasteiger partial charge < -0.3 is 10.2 Å². The van der Waals surface area contributed by atoms with Crippen LogP contribution in [0.5, 0.6) is 0 Å². The van der Waals surface area contributed by atoms with E-state index in [1.54, 1.807) is 18.3 Å². The fourth-order valence-electron chi connectivity index (χ4n) is 2.36. The van der Waals surface area contributed by atoms with Gasteiger partial charge in [-0.15, -0.1) is 0 Å². The minimum Gasteiger partial charge on any atom is -0.344 e. The van der Waals surface area contributed by atoms with Crippen molar-refractivity contribution < 1.29 is 18.8 Å². The van der Waals surface area contributed by atoms with Gasteiger partial charge >= 0.3 is 0 Å². The molecule has 0 aliphatic carbocycles. The molecule has 1 fully saturated rings. The summed E-state index contributed by atoms with van der Waals surface area (Å²) in [7, 11) is 0. The van der Waals surface area contributed by atoms with E-state index in [1.807, 2.05) is 0 Å². The fraction of sp³-hybridized carbons (Fsp3) is 0.467. The van der Waals surface area contributed by atoms with Gasteiger partial charge in [-0.25, -0.2) is 4.39 Å². The van der Waals surface area contributed by atoms with Crippen molar-refractivity contribution in [3.05, 3.63) is 30.1 Å². The van der Waals surface area contributed by atoms with Gasteiger partial charge in [-0.3, -0.25) is 19.4 Å². The van der Waals surface area contributed by atoms with Gasteiger partial charge in [0.1, 0.15) is 12.7 Å². The van der Waals surface area contributed by atoms with Crippen molar-refractivity contribution in [3.63, 3.8) is 0 Å². The molecule has 118 valence electrons. The Morgan fingerprint density at radius 3 is 2.91 bits per heavy atom. The summed E-state index contributed by atoms with van der Waals surface area (Å²) in [5.41, 5.74) is 0.460. The molecular weight excluding hydrogens is 289 g/mol. The molecule has 1 aliphatic rings. The lowest BCUT2D eigenvalue weighted by atomic mass is 10.1. The SMILES string of the molecule is O=C(CCC(=O)c1cccnc1)NC1CCN(CCF)C1=O. The van der Waals surface area contributed by atoms with Crippen LogP contribution in [0.15, 0.2) is 24.5 Å². The van der Waals surface area contributed by atoms with E-state index in [0.29, 0.717) is 18.5 Å². The topological polar surface area (TPSA) is 79.4 Å². The van der Waals surface area contributed by atoms with Crippen molar-refractivity contribution in [2.45, 2.75) is 25.3 Å². The lowest BCUT2D eigenvalue weighted by Gasteiger charge is -2.15. The van der Waals surface area contributed by atoms with Gasteiger partial charge in [-0.1, -0.05) is 0 Å². The minimum absolute atomic E-state index is 0.0145. The van der Waals surface area contributed by atoms with Crippen molar-refractivity contribution in [1.82, 2.24) is 15.2 Å². The van der Waals surface area contributed by atoms with E-state index in [9.17, 15) is 18.8 Å². The number of nitrogens with zero attached hydrogens (tertiary/aromatic N) is 2. The molecule has 22 heavy (non-hydrogen) atoms. The molecule has 1 aromatic rings. The second-order valence-corrected chi connectivity index (χ2v) is 5.09. The molecule has 2 rings (SSSR count). The summed E-state index contributed by atoms with van der Waals surface area (Å²) in [5, 5.41) is 2.60. The van der Waals surface area contributed by atoms with E-state index in [4.69, 9.17) is 0 Å². The van der Waals surface area contributed by atoms with Gasteiger partial charge in [-0.2, -0.15) is 0 Å². The second kappa shape index (κ2) is 7.63. The standard InChI is InChI=1S/C15H18FN3O3/c16-6-9-19-8-5-12(15(19)22)18-14(21)4-3-13(20)11-2-1-7-17-10-11/h1-2,7,10,12H,3-6,8-9H2,(H,18,21). The Morgan fingerprint density at radius 2 is 2.23 bits per heavy atom. The third-order valence-electron chi connectivity index (χ3n) is 3.55. The number of nitrogens with one attached hydrogen (secondary N) is 1. The molecule has 0 spiro atoms. The molecule has 0 aromatic carbocycles. The summed E-state index contributed by atoms with van der Waals surface area (Å²) in [4.78, 5) is 40.8. The van der Waals surface area contributed by atoms with Crippen LogP contribution < -0.4 is 5.32 Å². The first-order valence-corrected chi connectivity index (χ1v) is 7.19. The molecule has 0 saturated carbocycles. The first-order chi connectivity index (χ1) is 10.6. The first-order valence-electron chi connectivity index (χ1n) is 7.19. The molecule has 0 bridgehead atoms. The highest BCUT2D eigenvalue weighted by molar-refractivity contribution is 5.98. The third kappa shape index (κ3) is 4.09. The Hall–Kier alpha value is -2.31. The van der Waals surface area contributed by atoms with Crippen LogP contribution in [0.25, 0.3) is 0 Å². The number of amides is 2. The number of halogens is 1. The van der Waals surface area contributed by atoms with Gasteiger partial charge in [0.25, 0.3) is 0 Å². The van der Waals surface area contributed by atoms with Crippen LogP contribution in [0, 0.1) is 0 Å². The molecule has 6 nitrogen and oxygen atoms in total.